The Morgan fingerprint density at radius 2 is 1.82 bits per heavy atom. The second-order valence-corrected chi connectivity index (χ2v) is 5.31. The highest BCUT2D eigenvalue weighted by molar-refractivity contribution is 6.31. The molecule has 5 heteroatoms. The Morgan fingerprint density at radius 1 is 1.05 bits per heavy atom. The van der Waals surface area contributed by atoms with Gasteiger partial charge in [-0.1, -0.05) is 29.8 Å². The third-order valence-corrected chi connectivity index (χ3v) is 3.70. The number of amides is 1. The molecule has 0 spiro atoms. The Bertz CT molecular complexity index is 820. The summed E-state index contributed by atoms with van der Waals surface area (Å²) in [6, 6.07) is 13.0. The van der Waals surface area contributed by atoms with Gasteiger partial charge in [0, 0.05) is 29.5 Å². The molecule has 0 fully saturated rings. The minimum Gasteiger partial charge on any atom is -0.326 e. The van der Waals surface area contributed by atoms with Gasteiger partial charge in [0.25, 0.3) is 0 Å². The molecule has 1 amide bonds. The number of carbonyl (C=O) groups excluding carboxylic acids is 1. The van der Waals surface area contributed by atoms with E-state index >= 15 is 0 Å². The Morgan fingerprint density at radius 3 is 2.64 bits per heavy atom. The highest BCUT2D eigenvalue weighted by Crippen LogP contribution is 2.18. The van der Waals surface area contributed by atoms with Crippen LogP contribution in [0.3, 0.4) is 0 Å². The molecule has 22 heavy (non-hydrogen) atoms. The highest BCUT2D eigenvalue weighted by Gasteiger charge is 2.06. The first-order chi connectivity index (χ1) is 10.7. The van der Waals surface area contributed by atoms with Crippen LogP contribution in [0.15, 0.2) is 54.9 Å². The molecule has 3 aromatic rings. The lowest BCUT2D eigenvalue weighted by Gasteiger charge is -2.07. The molecular weight excluding hydrogens is 298 g/mol. The summed E-state index contributed by atoms with van der Waals surface area (Å²) in [6.07, 6.45) is 4.26. The zero-order valence-electron chi connectivity index (χ0n) is 11.8. The van der Waals surface area contributed by atoms with Gasteiger partial charge in [0.15, 0.2) is 0 Å². The summed E-state index contributed by atoms with van der Waals surface area (Å²) >= 11 is 6.09. The van der Waals surface area contributed by atoms with Crippen molar-refractivity contribution in [1.29, 1.82) is 0 Å². The predicted molar refractivity (Wildman–Crippen MR) is 87.9 cm³/mol. The van der Waals surface area contributed by atoms with Gasteiger partial charge in [0.2, 0.25) is 5.91 Å². The van der Waals surface area contributed by atoms with E-state index in [1.807, 2.05) is 42.5 Å². The number of hydrogen-bond donors (Lipinski definition) is 1. The number of halogens is 1. The van der Waals surface area contributed by atoms with Crippen LogP contribution in [-0.2, 0) is 11.2 Å². The number of benzene rings is 2. The fourth-order valence-corrected chi connectivity index (χ4v) is 2.44. The number of carbonyl (C=O) groups is 1. The number of aryl methyl sites for hydroxylation is 1. The SMILES string of the molecule is O=C(CCc1ccccc1Cl)Nc1ccc2nccnc2c1. The van der Waals surface area contributed by atoms with Crippen LogP contribution in [0.1, 0.15) is 12.0 Å². The van der Waals surface area contributed by atoms with E-state index in [0.717, 1.165) is 22.3 Å². The summed E-state index contributed by atoms with van der Waals surface area (Å²) < 4.78 is 0. The van der Waals surface area contributed by atoms with Crippen LogP contribution in [-0.4, -0.2) is 15.9 Å². The molecule has 0 atom stereocenters. The topological polar surface area (TPSA) is 54.9 Å². The molecule has 110 valence electrons. The molecule has 0 radical (unpaired) electrons. The molecule has 1 N–H and O–H groups in total. The van der Waals surface area contributed by atoms with Gasteiger partial charge in [0.1, 0.15) is 0 Å². The van der Waals surface area contributed by atoms with Gasteiger partial charge in [-0.3, -0.25) is 14.8 Å². The molecule has 1 aromatic heterocycles. The van der Waals surface area contributed by atoms with E-state index in [2.05, 4.69) is 15.3 Å². The maximum atomic E-state index is 12.0. The number of nitrogens with zero attached hydrogens (tertiary/aromatic N) is 2. The summed E-state index contributed by atoms with van der Waals surface area (Å²) in [6.45, 7) is 0. The van der Waals surface area contributed by atoms with Gasteiger partial charge in [-0.2, -0.15) is 0 Å². The molecule has 2 aromatic carbocycles. The third-order valence-electron chi connectivity index (χ3n) is 3.33. The zero-order valence-corrected chi connectivity index (χ0v) is 12.5. The summed E-state index contributed by atoms with van der Waals surface area (Å²) in [4.78, 5) is 20.5. The van der Waals surface area contributed by atoms with Crippen molar-refractivity contribution in [2.75, 3.05) is 5.32 Å². The Kier molecular flexibility index (Phi) is 4.30. The first-order valence-corrected chi connectivity index (χ1v) is 7.34. The lowest BCUT2D eigenvalue weighted by Crippen LogP contribution is -2.12. The van der Waals surface area contributed by atoms with Crippen molar-refractivity contribution in [1.82, 2.24) is 9.97 Å². The quantitative estimate of drug-likeness (QED) is 0.796. The van der Waals surface area contributed by atoms with Crippen molar-refractivity contribution >= 4 is 34.2 Å². The van der Waals surface area contributed by atoms with Crippen molar-refractivity contribution in [3.8, 4) is 0 Å². The van der Waals surface area contributed by atoms with Crippen LogP contribution < -0.4 is 5.32 Å². The number of nitrogens with one attached hydrogen (secondary N) is 1. The number of fused-ring (bicyclic) bond motifs is 1. The van der Waals surface area contributed by atoms with E-state index in [1.165, 1.54) is 0 Å². The number of hydrogen-bond acceptors (Lipinski definition) is 3. The smallest absolute Gasteiger partial charge is 0.224 e. The van der Waals surface area contributed by atoms with Gasteiger partial charge >= 0.3 is 0 Å². The van der Waals surface area contributed by atoms with Gasteiger partial charge in [0.05, 0.1) is 11.0 Å². The molecule has 0 aliphatic rings. The first kappa shape index (κ1) is 14.5. The van der Waals surface area contributed by atoms with Crippen molar-refractivity contribution in [2.24, 2.45) is 0 Å². The second-order valence-electron chi connectivity index (χ2n) is 4.90. The van der Waals surface area contributed by atoms with Gasteiger partial charge in [-0.25, -0.2) is 0 Å². The molecule has 1 heterocycles. The Labute approximate surface area is 133 Å². The van der Waals surface area contributed by atoms with Gasteiger partial charge in [-0.05, 0) is 36.2 Å². The summed E-state index contributed by atoms with van der Waals surface area (Å²) in [5.74, 6) is -0.0526. The maximum absolute atomic E-state index is 12.0. The van der Waals surface area contributed by atoms with E-state index in [1.54, 1.807) is 12.4 Å². The molecule has 3 rings (SSSR count). The van der Waals surface area contributed by atoms with E-state index in [-0.39, 0.29) is 5.91 Å². The first-order valence-electron chi connectivity index (χ1n) is 6.96. The van der Waals surface area contributed by atoms with Gasteiger partial charge in [-0.15, -0.1) is 0 Å². The summed E-state index contributed by atoms with van der Waals surface area (Å²) in [7, 11) is 0. The van der Waals surface area contributed by atoms with Crippen molar-refractivity contribution in [3.05, 3.63) is 65.4 Å². The van der Waals surface area contributed by atoms with Crippen LogP contribution in [0.5, 0.6) is 0 Å². The van der Waals surface area contributed by atoms with E-state index in [9.17, 15) is 4.79 Å². The highest BCUT2D eigenvalue weighted by atomic mass is 35.5. The molecule has 0 saturated carbocycles. The van der Waals surface area contributed by atoms with Crippen LogP contribution in [0.25, 0.3) is 11.0 Å². The lowest BCUT2D eigenvalue weighted by molar-refractivity contribution is -0.116. The molecule has 0 aliphatic carbocycles. The van der Waals surface area contributed by atoms with Crippen molar-refractivity contribution in [3.63, 3.8) is 0 Å². The van der Waals surface area contributed by atoms with Crippen LogP contribution in [0.4, 0.5) is 5.69 Å². The van der Waals surface area contributed by atoms with Crippen LogP contribution >= 0.6 is 11.6 Å². The molecule has 0 unspecified atom stereocenters. The molecule has 0 aliphatic heterocycles. The monoisotopic (exact) mass is 311 g/mol. The Hall–Kier alpha value is -2.46. The summed E-state index contributed by atoms with van der Waals surface area (Å²) in [5, 5.41) is 3.56. The van der Waals surface area contributed by atoms with Crippen molar-refractivity contribution in [2.45, 2.75) is 12.8 Å². The third kappa shape index (κ3) is 3.40. The maximum Gasteiger partial charge on any atom is 0.224 e. The van der Waals surface area contributed by atoms with Crippen LogP contribution in [0.2, 0.25) is 5.02 Å². The molecular formula is C17H14ClN3O. The minimum atomic E-state index is -0.0526. The van der Waals surface area contributed by atoms with E-state index in [4.69, 9.17) is 11.6 Å². The fourth-order valence-electron chi connectivity index (χ4n) is 2.21. The largest absolute Gasteiger partial charge is 0.326 e. The summed E-state index contributed by atoms with van der Waals surface area (Å²) in [5.41, 5.74) is 3.25. The fraction of sp³-hybridized carbons (Fsp3) is 0.118. The van der Waals surface area contributed by atoms with Crippen molar-refractivity contribution < 1.29 is 4.79 Å². The number of aromatic nitrogens is 2. The normalized spacial score (nSPS) is 10.6. The van der Waals surface area contributed by atoms with E-state index in [0.29, 0.717) is 17.9 Å². The van der Waals surface area contributed by atoms with Crippen LogP contribution in [0, 0.1) is 0 Å². The predicted octanol–water partition coefficient (Wildman–Crippen LogP) is 3.85. The van der Waals surface area contributed by atoms with Gasteiger partial charge < -0.3 is 5.32 Å². The molecule has 0 saturated heterocycles. The Balaban J connectivity index is 1.64. The minimum absolute atomic E-state index is 0.0526. The standard InChI is InChI=1S/C17H14ClN3O/c18-14-4-2-1-3-12(14)5-8-17(22)21-13-6-7-15-16(11-13)20-10-9-19-15/h1-4,6-7,9-11H,5,8H2,(H,21,22). The number of rotatable bonds is 4. The second kappa shape index (κ2) is 6.54. The average molecular weight is 312 g/mol. The lowest BCUT2D eigenvalue weighted by atomic mass is 10.1. The van der Waals surface area contributed by atoms with E-state index < -0.39 is 0 Å². The molecule has 0 bridgehead atoms. The molecule has 4 nitrogen and oxygen atoms in total. The zero-order chi connectivity index (χ0) is 15.4. The number of anilines is 1. The average Bonchev–Trinajstić information content (AvgIpc) is 2.54.